The highest BCUT2D eigenvalue weighted by Gasteiger charge is 2.35. The van der Waals surface area contributed by atoms with Gasteiger partial charge in [-0.2, -0.15) is 0 Å². The first-order valence-electron chi connectivity index (χ1n) is 12.5. The lowest BCUT2D eigenvalue weighted by molar-refractivity contribution is -0.145. The fourth-order valence-corrected chi connectivity index (χ4v) is 5.96. The second-order valence-corrected chi connectivity index (χ2v) is 10.6. The molecule has 0 N–H and O–H groups in total. The van der Waals surface area contributed by atoms with Gasteiger partial charge in [-0.15, -0.1) is 11.3 Å². The van der Waals surface area contributed by atoms with Gasteiger partial charge in [0.1, 0.15) is 18.2 Å². The highest BCUT2D eigenvalue weighted by molar-refractivity contribution is 7.10. The van der Waals surface area contributed by atoms with Gasteiger partial charge in [-0.25, -0.2) is 4.39 Å². The van der Waals surface area contributed by atoms with Crippen LogP contribution in [-0.2, 0) is 16.0 Å². The van der Waals surface area contributed by atoms with Crippen LogP contribution in [-0.4, -0.2) is 47.9 Å². The van der Waals surface area contributed by atoms with E-state index in [9.17, 15) is 14.0 Å². The van der Waals surface area contributed by atoms with Gasteiger partial charge in [-0.3, -0.25) is 9.59 Å². The highest BCUT2D eigenvalue weighted by atomic mass is 32.1. The van der Waals surface area contributed by atoms with Crippen LogP contribution in [0.5, 0.6) is 5.75 Å². The molecule has 0 bridgehead atoms. The number of hydrogen-bond donors (Lipinski definition) is 0. The van der Waals surface area contributed by atoms with E-state index in [-0.39, 0.29) is 42.7 Å². The Morgan fingerprint density at radius 1 is 1.26 bits per heavy atom. The average Bonchev–Trinajstić information content (AvgIpc) is 3.53. The first-order chi connectivity index (χ1) is 16.5. The Morgan fingerprint density at radius 3 is 2.79 bits per heavy atom. The topological polar surface area (TPSA) is 49.9 Å². The van der Waals surface area contributed by atoms with E-state index in [1.807, 2.05) is 10.3 Å². The molecule has 0 spiro atoms. The molecule has 0 unspecified atom stereocenters. The van der Waals surface area contributed by atoms with Crippen molar-refractivity contribution < 1.29 is 18.7 Å². The normalized spacial score (nSPS) is 19.0. The van der Waals surface area contributed by atoms with Gasteiger partial charge < -0.3 is 14.5 Å². The standard InChI is InChI=1S/C27H35FN2O3S/c1-3-19(2)16-29(27(32)20-7-4-5-8-20)17-26(31)30-13-11-25-23(12-14-34-25)24(30)18-33-22-10-6-9-21(28)15-22/h6,9-10,12,14-15,19-20,24H,3-5,7-8,11,13,16-18H2,1-2H3/t19-,24+/m0/s1. The lowest BCUT2D eigenvalue weighted by atomic mass is 10.00. The van der Waals surface area contributed by atoms with Crippen molar-refractivity contribution in [1.82, 2.24) is 9.80 Å². The minimum absolute atomic E-state index is 0.0423. The predicted molar refractivity (Wildman–Crippen MR) is 132 cm³/mol. The second-order valence-electron chi connectivity index (χ2n) is 9.63. The Hall–Kier alpha value is -2.41. The number of halogens is 1. The minimum Gasteiger partial charge on any atom is -0.491 e. The molecule has 1 aliphatic carbocycles. The van der Waals surface area contributed by atoms with Gasteiger partial charge in [-0.05, 0) is 54.3 Å². The number of carbonyl (C=O) groups excluding carboxylic acids is 2. The first-order valence-corrected chi connectivity index (χ1v) is 13.4. The number of carbonyl (C=O) groups is 2. The quantitative estimate of drug-likeness (QED) is 0.473. The molecular formula is C27H35FN2O3S. The third-order valence-electron chi connectivity index (χ3n) is 7.19. The van der Waals surface area contributed by atoms with E-state index in [2.05, 4.69) is 19.9 Å². The molecule has 34 heavy (non-hydrogen) atoms. The summed E-state index contributed by atoms with van der Waals surface area (Å²) in [6.45, 7) is 5.81. The Bertz CT molecular complexity index is 988. The number of amides is 2. The maximum absolute atomic E-state index is 13.6. The Kier molecular flexibility index (Phi) is 8.24. The van der Waals surface area contributed by atoms with Crippen LogP contribution in [0.15, 0.2) is 35.7 Å². The molecule has 2 aliphatic rings. The Morgan fingerprint density at radius 2 is 2.06 bits per heavy atom. The number of fused-ring (bicyclic) bond motifs is 1. The van der Waals surface area contributed by atoms with Crippen LogP contribution >= 0.6 is 11.3 Å². The van der Waals surface area contributed by atoms with Gasteiger partial charge in [0.2, 0.25) is 11.8 Å². The van der Waals surface area contributed by atoms with Gasteiger partial charge in [0.15, 0.2) is 0 Å². The molecule has 1 saturated carbocycles. The lowest BCUT2D eigenvalue weighted by Crippen LogP contribution is -2.49. The smallest absolute Gasteiger partial charge is 0.242 e. The summed E-state index contributed by atoms with van der Waals surface area (Å²) >= 11 is 1.70. The third kappa shape index (κ3) is 5.80. The summed E-state index contributed by atoms with van der Waals surface area (Å²) in [6, 6.07) is 7.88. The molecule has 0 radical (unpaired) electrons. The number of thiophene rings is 1. The largest absolute Gasteiger partial charge is 0.491 e. The van der Waals surface area contributed by atoms with Gasteiger partial charge in [0, 0.05) is 30.0 Å². The van der Waals surface area contributed by atoms with Crippen molar-refractivity contribution in [3.8, 4) is 5.75 Å². The molecule has 2 aromatic rings. The van der Waals surface area contributed by atoms with Crippen molar-refractivity contribution in [1.29, 1.82) is 0 Å². The molecule has 4 rings (SSSR count). The minimum atomic E-state index is -0.351. The molecular weight excluding hydrogens is 451 g/mol. The molecule has 0 saturated heterocycles. The van der Waals surface area contributed by atoms with Crippen LogP contribution in [0, 0.1) is 17.7 Å². The molecule has 1 aliphatic heterocycles. The molecule has 184 valence electrons. The summed E-state index contributed by atoms with van der Waals surface area (Å²) in [5.41, 5.74) is 1.09. The lowest BCUT2D eigenvalue weighted by Gasteiger charge is -2.37. The van der Waals surface area contributed by atoms with Crippen molar-refractivity contribution in [2.75, 3.05) is 26.2 Å². The van der Waals surface area contributed by atoms with E-state index in [1.165, 1.54) is 17.0 Å². The van der Waals surface area contributed by atoms with Crippen LogP contribution in [0.2, 0.25) is 0 Å². The van der Waals surface area contributed by atoms with Crippen LogP contribution in [0.1, 0.15) is 62.4 Å². The maximum Gasteiger partial charge on any atom is 0.242 e. The molecule has 1 aromatic heterocycles. The average molecular weight is 487 g/mol. The van der Waals surface area contributed by atoms with E-state index in [1.54, 1.807) is 28.4 Å². The third-order valence-corrected chi connectivity index (χ3v) is 8.19. The first kappa shape index (κ1) is 24.7. The van der Waals surface area contributed by atoms with Crippen LogP contribution in [0.3, 0.4) is 0 Å². The van der Waals surface area contributed by atoms with Gasteiger partial charge in [-0.1, -0.05) is 39.2 Å². The predicted octanol–water partition coefficient (Wildman–Crippen LogP) is 5.46. The van der Waals surface area contributed by atoms with E-state index in [0.29, 0.717) is 24.8 Å². The Labute approximate surface area is 205 Å². The maximum atomic E-state index is 13.6. The molecule has 2 heterocycles. The fourth-order valence-electron chi connectivity index (χ4n) is 5.03. The zero-order chi connectivity index (χ0) is 24.1. The summed E-state index contributed by atoms with van der Waals surface area (Å²) in [6.07, 6.45) is 5.81. The number of hydrogen-bond acceptors (Lipinski definition) is 4. The second kappa shape index (κ2) is 11.3. The van der Waals surface area contributed by atoms with E-state index < -0.39 is 0 Å². The molecule has 1 aromatic carbocycles. The molecule has 1 fully saturated rings. The number of ether oxygens (including phenoxy) is 1. The zero-order valence-corrected chi connectivity index (χ0v) is 21.0. The molecule has 2 atom stereocenters. The zero-order valence-electron chi connectivity index (χ0n) is 20.2. The molecule has 2 amide bonds. The number of nitrogens with zero attached hydrogens (tertiary/aromatic N) is 2. The SMILES string of the molecule is CC[C@H](C)CN(CC(=O)N1CCc2sccc2[C@H]1COc1cccc(F)c1)C(=O)C1CCCC1. The van der Waals surface area contributed by atoms with E-state index in [4.69, 9.17) is 4.74 Å². The monoisotopic (exact) mass is 486 g/mol. The van der Waals surface area contributed by atoms with Crippen LogP contribution < -0.4 is 4.74 Å². The molecule has 5 nitrogen and oxygen atoms in total. The van der Waals surface area contributed by atoms with Crippen LogP contribution in [0.4, 0.5) is 4.39 Å². The van der Waals surface area contributed by atoms with E-state index in [0.717, 1.165) is 44.1 Å². The summed E-state index contributed by atoms with van der Waals surface area (Å²) in [5.74, 6) is 0.580. The Balaban J connectivity index is 1.50. The summed E-state index contributed by atoms with van der Waals surface area (Å²) in [7, 11) is 0. The van der Waals surface area contributed by atoms with Crippen molar-refractivity contribution in [3.63, 3.8) is 0 Å². The van der Waals surface area contributed by atoms with Crippen molar-refractivity contribution >= 4 is 23.2 Å². The fraction of sp³-hybridized carbons (Fsp3) is 0.556. The van der Waals surface area contributed by atoms with Crippen molar-refractivity contribution in [3.05, 3.63) is 52.0 Å². The van der Waals surface area contributed by atoms with Crippen LogP contribution in [0.25, 0.3) is 0 Å². The summed E-state index contributed by atoms with van der Waals surface area (Å²) in [4.78, 5) is 31.8. The number of rotatable bonds is 9. The van der Waals surface area contributed by atoms with Crippen molar-refractivity contribution in [2.45, 2.75) is 58.4 Å². The van der Waals surface area contributed by atoms with E-state index >= 15 is 0 Å². The molecule has 7 heteroatoms. The summed E-state index contributed by atoms with van der Waals surface area (Å²) < 4.78 is 19.6. The summed E-state index contributed by atoms with van der Waals surface area (Å²) in [5, 5.41) is 2.05. The van der Waals surface area contributed by atoms with Crippen molar-refractivity contribution in [2.24, 2.45) is 11.8 Å². The van der Waals surface area contributed by atoms with Gasteiger partial charge in [0.05, 0.1) is 12.6 Å². The highest BCUT2D eigenvalue weighted by Crippen LogP contribution is 2.34. The van der Waals surface area contributed by atoms with Gasteiger partial charge in [0.25, 0.3) is 0 Å². The van der Waals surface area contributed by atoms with Gasteiger partial charge >= 0.3 is 0 Å². The number of benzene rings is 1.